The van der Waals surface area contributed by atoms with Gasteiger partial charge in [0.2, 0.25) is 0 Å². The molecule has 0 heterocycles. The first-order chi connectivity index (χ1) is 9.47. The van der Waals surface area contributed by atoms with E-state index < -0.39 is 0 Å². The van der Waals surface area contributed by atoms with E-state index >= 15 is 0 Å². The number of hydrogen-bond donors (Lipinski definition) is 2. The molecule has 0 aliphatic heterocycles. The Morgan fingerprint density at radius 3 is 2.65 bits per heavy atom. The molecule has 0 unspecified atom stereocenters. The zero-order valence-corrected chi connectivity index (χ0v) is 12.5. The first-order valence-corrected chi connectivity index (χ1v) is 7.28. The molecule has 0 spiro atoms. The third kappa shape index (κ3) is 3.24. The van der Waals surface area contributed by atoms with E-state index in [1.54, 1.807) is 18.2 Å². The lowest BCUT2D eigenvalue weighted by atomic mass is 9.92. The van der Waals surface area contributed by atoms with E-state index in [0.29, 0.717) is 34.9 Å². The summed E-state index contributed by atoms with van der Waals surface area (Å²) in [6, 6.07) is 5.16. The van der Waals surface area contributed by atoms with Crippen LogP contribution >= 0.6 is 0 Å². The van der Waals surface area contributed by atoms with Gasteiger partial charge in [0, 0.05) is 23.9 Å². The maximum absolute atomic E-state index is 12.2. The first kappa shape index (κ1) is 14.7. The first-order valence-electron chi connectivity index (χ1n) is 7.28. The molecule has 1 aromatic rings. The summed E-state index contributed by atoms with van der Waals surface area (Å²) in [6.45, 7) is 7.63. The number of hydrogen-bond acceptors (Lipinski definition) is 3. The van der Waals surface area contributed by atoms with Crippen LogP contribution in [0.4, 0.5) is 5.69 Å². The van der Waals surface area contributed by atoms with Gasteiger partial charge in [-0.3, -0.25) is 4.79 Å². The Morgan fingerprint density at radius 1 is 1.40 bits per heavy atom. The second kappa shape index (κ2) is 5.73. The maximum Gasteiger partial charge on any atom is 0.251 e. The van der Waals surface area contributed by atoms with Crippen molar-refractivity contribution in [2.75, 3.05) is 18.9 Å². The van der Waals surface area contributed by atoms with Crippen LogP contribution in [-0.4, -0.2) is 19.1 Å². The second-order valence-corrected chi connectivity index (χ2v) is 5.92. The number of benzene rings is 1. The van der Waals surface area contributed by atoms with Crippen molar-refractivity contribution in [3.8, 4) is 5.75 Å². The van der Waals surface area contributed by atoms with Crippen LogP contribution in [0.25, 0.3) is 0 Å². The average Bonchev–Trinajstić information content (AvgIpc) is 3.17. The quantitative estimate of drug-likeness (QED) is 0.785. The van der Waals surface area contributed by atoms with Crippen LogP contribution in [-0.2, 0) is 0 Å². The number of nitrogens with one attached hydrogen (secondary N) is 1. The Balaban J connectivity index is 2.02. The van der Waals surface area contributed by atoms with Crippen molar-refractivity contribution < 1.29 is 9.53 Å². The summed E-state index contributed by atoms with van der Waals surface area (Å²) in [5.41, 5.74) is 7.22. The molecule has 1 aliphatic carbocycles. The zero-order valence-electron chi connectivity index (χ0n) is 12.5. The summed E-state index contributed by atoms with van der Waals surface area (Å²) in [4.78, 5) is 12.2. The van der Waals surface area contributed by atoms with Crippen molar-refractivity contribution in [3.05, 3.63) is 23.8 Å². The highest BCUT2D eigenvalue weighted by Gasteiger charge is 2.45. The van der Waals surface area contributed by atoms with Gasteiger partial charge < -0.3 is 15.8 Å². The molecule has 1 aromatic carbocycles. The molecule has 1 saturated carbocycles. The summed E-state index contributed by atoms with van der Waals surface area (Å²) < 4.78 is 5.41. The molecular formula is C16H24N2O2. The van der Waals surface area contributed by atoms with E-state index in [2.05, 4.69) is 19.2 Å². The van der Waals surface area contributed by atoms with Gasteiger partial charge in [-0.2, -0.15) is 0 Å². The van der Waals surface area contributed by atoms with Crippen molar-refractivity contribution in [1.82, 2.24) is 5.32 Å². The molecule has 1 aliphatic rings. The lowest BCUT2D eigenvalue weighted by Gasteiger charge is -2.20. The number of amides is 1. The summed E-state index contributed by atoms with van der Waals surface area (Å²) in [5.74, 6) is 1.16. The molecule has 2 rings (SSSR count). The van der Waals surface area contributed by atoms with Crippen molar-refractivity contribution in [3.63, 3.8) is 0 Å². The van der Waals surface area contributed by atoms with Crippen LogP contribution in [0.3, 0.4) is 0 Å². The smallest absolute Gasteiger partial charge is 0.251 e. The van der Waals surface area contributed by atoms with E-state index in [-0.39, 0.29) is 5.91 Å². The van der Waals surface area contributed by atoms with Crippen LogP contribution in [0.15, 0.2) is 18.2 Å². The van der Waals surface area contributed by atoms with Crippen LogP contribution in [0.5, 0.6) is 5.75 Å². The molecule has 0 atom stereocenters. The average molecular weight is 276 g/mol. The van der Waals surface area contributed by atoms with Gasteiger partial charge in [0.1, 0.15) is 5.75 Å². The van der Waals surface area contributed by atoms with Crippen LogP contribution in [0.1, 0.15) is 44.0 Å². The number of rotatable bonds is 6. The van der Waals surface area contributed by atoms with Crippen LogP contribution in [0, 0.1) is 11.3 Å². The Labute approximate surface area is 120 Å². The number of carbonyl (C=O) groups excluding carboxylic acids is 1. The molecule has 4 nitrogen and oxygen atoms in total. The number of ether oxygens (including phenoxy) is 1. The van der Waals surface area contributed by atoms with Crippen molar-refractivity contribution in [1.29, 1.82) is 0 Å². The lowest BCUT2D eigenvalue weighted by Crippen LogP contribution is -2.32. The standard InChI is InChI=1S/C16H24N2O2/c1-4-20-14-8-12(7-13(17)9-14)15(19)18-10-16(5-6-16)11(2)3/h7-9,11H,4-6,10,17H2,1-3H3,(H,18,19). The highest BCUT2D eigenvalue weighted by Crippen LogP contribution is 2.51. The molecule has 3 N–H and O–H groups in total. The van der Waals surface area contributed by atoms with Crippen molar-refractivity contribution in [2.24, 2.45) is 11.3 Å². The number of nitrogens with two attached hydrogens (primary N) is 1. The van der Waals surface area contributed by atoms with E-state index in [1.165, 1.54) is 12.8 Å². The predicted octanol–water partition coefficient (Wildman–Crippen LogP) is 2.83. The number of nitrogen functional groups attached to an aromatic ring is 1. The monoisotopic (exact) mass is 276 g/mol. The van der Waals surface area contributed by atoms with E-state index in [1.807, 2.05) is 6.92 Å². The van der Waals surface area contributed by atoms with Crippen molar-refractivity contribution in [2.45, 2.75) is 33.6 Å². The molecule has 0 aromatic heterocycles. The zero-order chi connectivity index (χ0) is 14.8. The van der Waals surface area contributed by atoms with Gasteiger partial charge >= 0.3 is 0 Å². The fraction of sp³-hybridized carbons (Fsp3) is 0.562. The maximum atomic E-state index is 12.2. The molecule has 4 heteroatoms. The summed E-state index contributed by atoms with van der Waals surface area (Å²) >= 11 is 0. The summed E-state index contributed by atoms with van der Waals surface area (Å²) in [6.07, 6.45) is 2.40. The predicted molar refractivity (Wildman–Crippen MR) is 80.9 cm³/mol. The van der Waals surface area contributed by atoms with Crippen LogP contribution < -0.4 is 15.8 Å². The van der Waals surface area contributed by atoms with Gasteiger partial charge in [-0.25, -0.2) is 0 Å². The SMILES string of the molecule is CCOc1cc(N)cc(C(=O)NCC2(C(C)C)CC2)c1. The van der Waals surface area contributed by atoms with Gasteiger partial charge in [0.15, 0.2) is 0 Å². The normalized spacial score (nSPS) is 16.0. The van der Waals surface area contributed by atoms with Crippen LogP contribution in [0.2, 0.25) is 0 Å². The Hall–Kier alpha value is -1.71. The molecule has 110 valence electrons. The topological polar surface area (TPSA) is 64.3 Å². The largest absolute Gasteiger partial charge is 0.494 e. The Bertz CT molecular complexity index is 493. The number of carbonyl (C=O) groups is 1. The van der Waals surface area contributed by atoms with Gasteiger partial charge in [-0.15, -0.1) is 0 Å². The molecule has 20 heavy (non-hydrogen) atoms. The third-order valence-corrected chi connectivity index (χ3v) is 4.22. The minimum atomic E-state index is -0.0785. The summed E-state index contributed by atoms with van der Waals surface area (Å²) in [7, 11) is 0. The molecule has 1 amide bonds. The number of anilines is 1. The van der Waals surface area contributed by atoms with Gasteiger partial charge in [0.25, 0.3) is 5.91 Å². The highest BCUT2D eigenvalue weighted by atomic mass is 16.5. The Morgan fingerprint density at radius 2 is 2.10 bits per heavy atom. The van der Waals surface area contributed by atoms with Crippen molar-refractivity contribution >= 4 is 11.6 Å². The molecule has 0 radical (unpaired) electrons. The van der Waals surface area contributed by atoms with E-state index in [4.69, 9.17) is 10.5 Å². The molecule has 0 bridgehead atoms. The fourth-order valence-corrected chi connectivity index (χ4v) is 2.48. The van der Waals surface area contributed by atoms with Gasteiger partial charge in [-0.05, 0) is 43.2 Å². The summed E-state index contributed by atoms with van der Waals surface area (Å²) in [5, 5.41) is 3.03. The minimum Gasteiger partial charge on any atom is -0.494 e. The fourth-order valence-electron chi connectivity index (χ4n) is 2.48. The molecule has 1 fully saturated rings. The minimum absolute atomic E-state index is 0.0785. The molecular weight excluding hydrogens is 252 g/mol. The van der Waals surface area contributed by atoms with E-state index in [0.717, 1.165) is 6.54 Å². The lowest BCUT2D eigenvalue weighted by molar-refractivity contribution is 0.0939. The Kier molecular flexibility index (Phi) is 4.21. The van der Waals surface area contributed by atoms with Gasteiger partial charge in [0.05, 0.1) is 6.61 Å². The third-order valence-electron chi connectivity index (χ3n) is 4.22. The van der Waals surface area contributed by atoms with Gasteiger partial charge in [-0.1, -0.05) is 13.8 Å². The highest BCUT2D eigenvalue weighted by molar-refractivity contribution is 5.95. The molecule has 0 saturated heterocycles. The second-order valence-electron chi connectivity index (χ2n) is 5.92. The van der Waals surface area contributed by atoms with E-state index in [9.17, 15) is 4.79 Å².